The monoisotopic (exact) mass is 455 g/mol. The molecular weight excluding hydrogens is 429 g/mol. The van der Waals surface area contributed by atoms with Gasteiger partial charge in [0.15, 0.2) is 0 Å². The van der Waals surface area contributed by atoms with Crippen molar-refractivity contribution in [3.8, 4) is 5.69 Å². The van der Waals surface area contributed by atoms with Gasteiger partial charge in [0.2, 0.25) is 5.91 Å². The Balaban J connectivity index is 1.53. The van der Waals surface area contributed by atoms with E-state index in [2.05, 4.69) is 0 Å². The minimum absolute atomic E-state index is 0.176. The second kappa shape index (κ2) is 9.32. The van der Waals surface area contributed by atoms with E-state index < -0.39 is 11.1 Å². The fraction of sp³-hybridized carbons (Fsp3) is 0.375. The molecule has 1 aromatic carbocycles. The predicted molar refractivity (Wildman–Crippen MR) is 123 cm³/mol. The zero-order chi connectivity index (χ0) is 22.8. The van der Waals surface area contributed by atoms with Crippen molar-refractivity contribution >= 4 is 34.9 Å². The number of carbonyl (C=O) groups is 3. The van der Waals surface area contributed by atoms with E-state index in [0.29, 0.717) is 18.0 Å². The number of likely N-dealkylation sites (tertiary alicyclic amines) is 1. The summed E-state index contributed by atoms with van der Waals surface area (Å²) in [7, 11) is 0. The number of hydrogen-bond donors (Lipinski definition) is 0. The van der Waals surface area contributed by atoms with Crippen molar-refractivity contribution in [1.29, 1.82) is 0 Å². The number of aryl methyl sites for hydroxylation is 1. The van der Waals surface area contributed by atoms with Crippen LogP contribution in [-0.2, 0) is 9.59 Å². The van der Waals surface area contributed by atoms with Crippen molar-refractivity contribution in [3.05, 3.63) is 58.0 Å². The summed E-state index contributed by atoms with van der Waals surface area (Å²) in [4.78, 5) is 41.2. The summed E-state index contributed by atoms with van der Waals surface area (Å²) in [5.41, 5.74) is 3.42. The van der Waals surface area contributed by atoms with Crippen LogP contribution in [0, 0.1) is 19.7 Å². The third kappa shape index (κ3) is 4.50. The summed E-state index contributed by atoms with van der Waals surface area (Å²) in [5.74, 6) is -0.917. The molecule has 8 heteroatoms. The molecular formula is C24H26FN3O3S. The van der Waals surface area contributed by atoms with Crippen LogP contribution in [0.1, 0.15) is 42.6 Å². The highest BCUT2D eigenvalue weighted by Crippen LogP contribution is 2.34. The molecule has 2 aliphatic rings. The number of nitrogens with zero attached hydrogens (tertiary/aromatic N) is 3. The summed E-state index contributed by atoms with van der Waals surface area (Å²) >= 11 is 0.860. The van der Waals surface area contributed by atoms with Crippen molar-refractivity contribution in [2.75, 3.05) is 19.6 Å². The summed E-state index contributed by atoms with van der Waals surface area (Å²) in [6.45, 7) is 4.99. The van der Waals surface area contributed by atoms with Crippen molar-refractivity contribution in [2.45, 2.75) is 39.5 Å². The molecule has 0 radical (unpaired) electrons. The van der Waals surface area contributed by atoms with E-state index in [9.17, 15) is 18.8 Å². The second-order valence-electron chi connectivity index (χ2n) is 8.20. The number of carbonyl (C=O) groups excluding carboxylic acids is 3. The van der Waals surface area contributed by atoms with E-state index in [1.54, 1.807) is 23.1 Å². The zero-order valence-corrected chi connectivity index (χ0v) is 19.1. The first-order chi connectivity index (χ1) is 15.3. The number of benzene rings is 1. The van der Waals surface area contributed by atoms with Gasteiger partial charge in [0.1, 0.15) is 12.4 Å². The van der Waals surface area contributed by atoms with Crippen LogP contribution in [0.15, 0.2) is 35.2 Å². The van der Waals surface area contributed by atoms with Crippen LogP contribution in [0.25, 0.3) is 11.8 Å². The SMILES string of the molecule is Cc1cc(C=C2SC(=O)N(CC(=O)N3CCCCCC3)C2=O)c(C)n1-c1ccc(F)cc1. The molecule has 0 bridgehead atoms. The van der Waals surface area contributed by atoms with Gasteiger partial charge in [0.05, 0.1) is 4.91 Å². The maximum absolute atomic E-state index is 13.3. The van der Waals surface area contributed by atoms with Crippen LogP contribution in [0.5, 0.6) is 0 Å². The highest BCUT2D eigenvalue weighted by Gasteiger charge is 2.37. The number of aromatic nitrogens is 1. The summed E-state index contributed by atoms with van der Waals surface area (Å²) in [6.07, 6.45) is 5.81. The average molecular weight is 456 g/mol. The molecule has 0 spiro atoms. The lowest BCUT2D eigenvalue weighted by Gasteiger charge is -2.22. The van der Waals surface area contributed by atoms with Crippen LogP contribution in [0.3, 0.4) is 0 Å². The van der Waals surface area contributed by atoms with Gasteiger partial charge in [-0.15, -0.1) is 0 Å². The van der Waals surface area contributed by atoms with Gasteiger partial charge in [0, 0.05) is 30.2 Å². The Hall–Kier alpha value is -2.87. The first kappa shape index (κ1) is 22.3. The Morgan fingerprint density at radius 2 is 1.72 bits per heavy atom. The molecule has 168 valence electrons. The molecule has 6 nitrogen and oxygen atoms in total. The molecule has 0 saturated carbocycles. The molecule has 2 saturated heterocycles. The Morgan fingerprint density at radius 3 is 2.38 bits per heavy atom. The fourth-order valence-corrected chi connectivity index (χ4v) is 5.08. The van der Waals surface area contributed by atoms with E-state index in [-0.39, 0.29) is 18.3 Å². The summed E-state index contributed by atoms with van der Waals surface area (Å²) in [6, 6.07) is 8.12. The van der Waals surface area contributed by atoms with Gasteiger partial charge in [0.25, 0.3) is 11.1 Å². The van der Waals surface area contributed by atoms with Crippen molar-refractivity contribution < 1.29 is 18.8 Å². The average Bonchev–Trinajstić information content (AvgIpc) is 3.05. The van der Waals surface area contributed by atoms with E-state index in [0.717, 1.165) is 65.0 Å². The Morgan fingerprint density at radius 1 is 1.06 bits per heavy atom. The van der Waals surface area contributed by atoms with Crippen molar-refractivity contribution in [3.63, 3.8) is 0 Å². The molecule has 0 unspecified atom stereocenters. The molecule has 3 amide bonds. The Bertz CT molecular complexity index is 1080. The van der Waals surface area contributed by atoms with Crippen LogP contribution in [0.4, 0.5) is 9.18 Å². The molecule has 2 fully saturated rings. The van der Waals surface area contributed by atoms with E-state index >= 15 is 0 Å². The lowest BCUT2D eigenvalue weighted by Crippen LogP contribution is -2.42. The number of rotatable bonds is 4. The van der Waals surface area contributed by atoms with Gasteiger partial charge in [-0.2, -0.15) is 0 Å². The summed E-state index contributed by atoms with van der Waals surface area (Å²) in [5, 5.41) is -0.420. The standard InChI is InChI=1S/C24H26FN3O3S/c1-16-13-18(17(2)28(16)20-9-7-19(25)8-10-20)14-21-23(30)27(24(31)32-21)15-22(29)26-11-5-3-4-6-12-26/h7-10,13-14H,3-6,11-12,15H2,1-2H3. The molecule has 4 rings (SSSR count). The lowest BCUT2D eigenvalue weighted by molar-refractivity contribution is -0.135. The quantitative estimate of drug-likeness (QED) is 0.629. The largest absolute Gasteiger partial charge is 0.341 e. The van der Waals surface area contributed by atoms with Gasteiger partial charge in [-0.25, -0.2) is 4.39 Å². The van der Waals surface area contributed by atoms with E-state index in [1.807, 2.05) is 24.5 Å². The van der Waals surface area contributed by atoms with Crippen LogP contribution in [0.2, 0.25) is 0 Å². The lowest BCUT2D eigenvalue weighted by atomic mass is 10.2. The molecule has 1 aromatic heterocycles. The molecule has 2 aromatic rings. The molecule has 3 heterocycles. The Kier molecular flexibility index (Phi) is 6.50. The van der Waals surface area contributed by atoms with Crippen LogP contribution >= 0.6 is 11.8 Å². The number of hydrogen-bond acceptors (Lipinski definition) is 4. The molecule has 2 aliphatic heterocycles. The smallest absolute Gasteiger partial charge is 0.294 e. The maximum Gasteiger partial charge on any atom is 0.294 e. The fourth-order valence-electron chi connectivity index (χ4n) is 4.25. The van der Waals surface area contributed by atoms with Gasteiger partial charge in [-0.3, -0.25) is 19.3 Å². The highest BCUT2D eigenvalue weighted by atomic mass is 32.2. The first-order valence-corrected chi connectivity index (χ1v) is 11.6. The van der Waals surface area contributed by atoms with Crippen molar-refractivity contribution in [2.24, 2.45) is 0 Å². The molecule has 0 N–H and O–H groups in total. The predicted octanol–water partition coefficient (Wildman–Crippen LogP) is 4.67. The topological polar surface area (TPSA) is 62.6 Å². The van der Waals surface area contributed by atoms with Crippen LogP contribution in [-0.4, -0.2) is 51.1 Å². The van der Waals surface area contributed by atoms with Gasteiger partial charge in [-0.05, 0) is 80.4 Å². The minimum Gasteiger partial charge on any atom is -0.341 e. The normalized spacial score (nSPS) is 18.5. The zero-order valence-electron chi connectivity index (χ0n) is 18.3. The second-order valence-corrected chi connectivity index (χ2v) is 9.19. The third-order valence-electron chi connectivity index (χ3n) is 5.97. The number of halogens is 1. The number of imide groups is 1. The van der Waals surface area contributed by atoms with E-state index in [4.69, 9.17) is 0 Å². The third-order valence-corrected chi connectivity index (χ3v) is 6.87. The molecule has 0 aliphatic carbocycles. The van der Waals surface area contributed by atoms with Gasteiger partial charge >= 0.3 is 0 Å². The highest BCUT2D eigenvalue weighted by molar-refractivity contribution is 8.18. The number of thioether (sulfide) groups is 1. The van der Waals surface area contributed by atoms with Crippen LogP contribution < -0.4 is 0 Å². The van der Waals surface area contributed by atoms with Gasteiger partial charge in [-0.1, -0.05) is 12.8 Å². The summed E-state index contributed by atoms with van der Waals surface area (Å²) < 4.78 is 15.3. The van der Waals surface area contributed by atoms with Gasteiger partial charge < -0.3 is 9.47 Å². The number of amides is 3. The Labute approximate surface area is 191 Å². The van der Waals surface area contributed by atoms with E-state index in [1.165, 1.54) is 12.1 Å². The van der Waals surface area contributed by atoms with Crippen molar-refractivity contribution in [1.82, 2.24) is 14.4 Å². The minimum atomic E-state index is -0.435. The maximum atomic E-state index is 13.3. The molecule has 32 heavy (non-hydrogen) atoms. The molecule has 0 atom stereocenters. The first-order valence-electron chi connectivity index (χ1n) is 10.8.